The van der Waals surface area contributed by atoms with Gasteiger partial charge in [-0.05, 0) is 38.1 Å². The average molecular weight is 215 g/mol. The Hall–Kier alpha value is -0.120. The lowest BCUT2D eigenvalue weighted by atomic mass is 10.0. The molecule has 0 radical (unpaired) electrons. The molecule has 3 nitrogen and oxygen atoms in total. The van der Waals surface area contributed by atoms with Crippen molar-refractivity contribution in [2.45, 2.75) is 32.6 Å². The van der Waals surface area contributed by atoms with Crippen molar-refractivity contribution in [1.29, 1.82) is 0 Å². The first kappa shape index (κ1) is 12.9. The Bertz CT molecular complexity index is 136. The van der Waals surface area contributed by atoms with Crippen LogP contribution >= 0.6 is 0 Å². The van der Waals surface area contributed by atoms with Crippen LogP contribution in [0.5, 0.6) is 0 Å². The van der Waals surface area contributed by atoms with Crippen LogP contribution in [-0.2, 0) is 9.47 Å². The minimum Gasteiger partial charge on any atom is -0.381 e. The molecule has 1 fully saturated rings. The van der Waals surface area contributed by atoms with Crippen molar-refractivity contribution in [3.8, 4) is 0 Å². The molecular weight excluding hydrogens is 190 g/mol. The smallest absolute Gasteiger partial charge is 0.0506 e. The Kier molecular flexibility index (Phi) is 7.88. The van der Waals surface area contributed by atoms with E-state index in [1.165, 1.54) is 12.8 Å². The maximum Gasteiger partial charge on any atom is 0.0506 e. The van der Waals surface area contributed by atoms with Gasteiger partial charge < -0.3 is 14.8 Å². The van der Waals surface area contributed by atoms with Gasteiger partial charge >= 0.3 is 0 Å². The summed E-state index contributed by atoms with van der Waals surface area (Å²) in [5.41, 5.74) is 0. The van der Waals surface area contributed by atoms with Crippen LogP contribution in [0, 0.1) is 5.92 Å². The molecular formula is C12H25NO2. The minimum absolute atomic E-state index is 0.732. The summed E-state index contributed by atoms with van der Waals surface area (Å²) in [5.74, 6) is 0.732. The molecule has 0 saturated carbocycles. The van der Waals surface area contributed by atoms with Crippen LogP contribution in [0.4, 0.5) is 0 Å². The van der Waals surface area contributed by atoms with E-state index < -0.39 is 0 Å². The average Bonchev–Trinajstić information content (AvgIpc) is 2.29. The largest absolute Gasteiger partial charge is 0.381 e. The summed E-state index contributed by atoms with van der Waals surface area (Å²) in [7, 11) is 0. The van der Waals surface area contributed by atoms with Gasteiger partial charge in [-0.25, -0.2) is 0 Å². The Morgan fingerprint density at radius 3 is 3.07 bits per heavy atom. The van der Waals surface area contributed by atoms with Crippen molar-refractivity contribution in [2.75, 3.05) is 39.5 Å². The number of hydrogen-bond donors (Lipinski definition) is 1. The monoisotopic (exact) mass is 215 g/mol. The normalized spacial score (nSPS) is 21.8. The van der Waals surface area contributed by atoms with E-state index in [9.17, 15) is 0 Å². The summed E-state index contributed by atoms with van der Waals surface area (Å²) < 4.78 is 10.8. The van der Waals surface area contributed by atoms with E-state index in [1.807, 2.05) is 0 Å². The lowest BCUT2D eigenvalue weighted by Crippen LogP contribution is -2.30. The van der Waals surface area contributed by atoms with Gasteiger partial charge in [0.1, 0.15) is 0 Å². The second kappa shape index (κ2) is 9.13. The molecule has 1 unspecified atom stereocenters. The Balaban J connectivity index is 1.79. The molecule has 15 heavy (non-hydrogen) atoms. The van der Waals surface area contributed by atoms with Crippen molar-refractivity contribution in [1.82, 2.24) is 5.32 Å². The Morgan fingerprint density at radius 2 is 2.33 bits per heavy atom. The highest BCUT2D eigenvalue weighted by Crippen LogP contribution is 2.11. The number of rotatable bonds is 8. The first-order valence-corrected chi connectivity index (χ1v) is 6.29. The second-order valence-corrected chi connectivity index (χ2v) is 4.25. The molecule has 0 spiro atoms. The van der Waals surface area contributed by atoms with E-state index in [0.717, 1.165) is 58.3 Å². The van der Waals surface area contributed by atoms with E-state index in [1.54, 1.807) is 0 Å². The fourth-order valence-corrected chi connectivity index (χ4v) is 1.82. The third kappa shape index (κ3) is 6.88. The molecule has 1 heterocycles. The maximum atomic E-state index is 5.43. The van der Waals surface area contributed by atoms with E-state index >= 15 is 0 Å². The van der Waals surface area contributed by atoms with Crippen LogP contribution < -0.4 is 5.32 Å². The van der Waals surface area contributed by atoms with Gasteiger partial charge in [0, 0.05) is 26.4 Å². The van der Waals surface area contributed by atoms with E-state index in [4.69, 9.17) is 9.47 Å². The van der Waals surface area contributed by atoms with Gasteiger partial charge in [-0.1, -0.05) is 6.92 Å². The summed E-state index contributed by atoms with van der Waals surface area (Å²) in [6, 6.07) is 0. The lowest BCUT2D eigenvalue weighted by molar-refractivity contribution is 0.0545. The molecule has 3 heteroatoms. The maximum absolute atomic E-state index is 5.43. The number of hydrogen-bond acceptors (Lipinski definition) is 3. The zero-order chi connectivity index (χ0) is 10.8. The van der Waals surface area contributed by atoms with Gasteiger partial charge in [-0.15, -0.1) is 0 Å². The van der Waals surface area contributed by atoms with Gasteiger partial charge in [0.15, 0.2) is 0 Å². The quantitative estimate of drug-likeness (QED) is 0.627. The molecule has 1 saturated heterocycles. The SMILES string of the molecule is CCCOCCCNCC1CCCOC1. The van der Waals surface area contributed by atoms with E-state index in [2.05, 4.69) is 12.2 Å². The summed E-state index contributed by atoms with van der Waals surface area (Å²) >= 11 is 0. The van der Waals surface area contributed by atoms with Crippen molar-refractivity contribution in [2.24, 2.45) is 5.92 Å². The molecule has 0 aromatic carbocycles. The molecule has 1 aliphatic heterocycles. The molecule has 0 bridgehead atoms. The zero-order valence-electron chi connectivity index (χ0n) is 9.96. The molecule has 0 aliphatic carbocycles. The Morgan fingerprint density at radius 1 is 1.40 bits per heavy atom. The van der Waals surface area contributed by atoms with Gasteiger partial charge in [-0.3, -0.25) is 0 Å². The molecule has 1 N–H and O–H groups in total. The van der Waals surface area contributed by atoms with Crippen LogP contribution in [0.2, 0.25) is 0 Å². The number of ether oxygens (including phenoxy) is 2. The molecule has 90 valence electrons. The fraction of sp³-hybridized carbons (Fsp3) is 1.00. The molecule has 1 rings (SSSR count). The number of nitrogens with one attached hydrogen (secondary N) is 1. The third-order valence-corrected chi connectivity index (χ3v) is 2.68. The van der Waals surface area contributed by atoms with Crippen LogP contribution in [-0.4, -0.2) is 39.5 Å². The minimum atomic E-state index is 0.732. The topological polar surface area (TPSA) is 30.5 Å². The summed E-state index contributed by atoms with van der Waals surface area (Å²) in [6.07, 6.45) is 4.78. The van der Waals surface area contributed by atoms with E-state index in [0.29, 0.717) is 0 Å². The van der Waals surface area contributed by atoms with Gasteiger partial charge in [0.2, 0.25) is 0 Å². The molecule has 1 atom stereocenters. The molecule has 0 aromatic heterocycles. The summed E-state index contributed by atoms with van der Waals surface area (Å²) in [4.78, 5) is 0. The van der Waals surface area contributed by atoms with Gasteiger partial charge in [0.05, 0.1) is 6.61 Å². The Labute approximate surface area is 93.5 Å². The van der Waals surface area contributed by atoms with E-state index in [-0.39, 0.29) is 0 Å². The predicted molar refractivity (Wildman–Crippen MR) is 62.1 cm³/mol. The van der Waals surface area contributed by atoms with Crippen molar-refractivity contribution in [3.05, 3.63) is 0 Å². The fourth-order valence-electron chi connectivity index (χ4n) is 1.82. The lowest BCUT2D eigenvalue weighted by Gasteiger charge is -2.22. The molecule has 0 amide bonds. The van der Waals surface area contributed by atoms with Gasteiger partial charge in [0.25, 0.3) is 0 Å². The first-order chi connectivity index (χ1) is 7.43. The van der Waals surface area contributed by atoms with Crippen molar-refractivity contribution >= 4 is 0 Å². The summed E-state index contributed by atoms with van der Waals surface area (Å²) in [6.45, 7) is 8.01. The predicted octanol–water partition coefficient (Wildman–Crippen LogP) is 1.82. The highest BCUT2D eigenvalue weighted by Gasteiger charge is 2.12. The zero-order valence-corrected chi connectivity index (χ0v) is 9.96. The first-order valence-electron chi connectivity index (χ1n) is 6.29. The van der Waals surface area contributed by atoms with Crippen LogP contribution in [0.1, 0.15) is 32.6 Å². The van der Waals surface area contributed by atoms with Crippen LogP contribution in [0.25, 0.3) is 0 Å². The second-order valence-electron chi connectivity index (χ2n) is 4.25. The van der Waals surface area contributed by atoms with Crippen molar-refractivity contribution in [3.63, 3.8) is 0 Å². The summed E-state index contributed by atoms with van der Waals surface area (Å²) in [5, 5.41) is 3.47. The van der Waals surface area contributed by atoms with Crippen LogP contribution in [0.15, 0.2) is 0 Å². The third-order valence-electron chi connectivity index (χ3n) is 2.68. The van der Waals surface area contributed by atoms with Gasteiger partial charge in [-0.2, -0.15) is 0 Å². The molecule has 1 aliphatic rings. The van der Waals surface area contributed by atoms with Crippen LogP contribution in [0.3, 0.4) is 0 Å². The molecule has 0 aromatic rings. The highest BCUT2D eigenvalue weighted by atomic mass is 16.5. The van der Waals surface area contributed by atoms with Crippen molar-refractivity contribution < 1.29 is 9.47 Å². The highest BCUT2D eigenvalue weighted by molar-refractivity contribution is 4.65. The standard InChI is InChI=1S/C12H25NO2/c1-2-7-14-9-4-6-13-10-12-5-3-8-15-11-12/h12-13H,2-11H2,1H3.